The highest BCUT2D eigenvalue weighted by molar-refractivity contribution is 4.91. The zero-order valence-corrected chi connectivity index (χ0v) is 6.50. The minimum atomic E-state index is -1.27. The summed E-state index contributed by atoms with van der Waals surface area (Å²) in [5.41, 5.74) is 10.5. The maximum atomic E-state index is 9.28. The molecule has 0 aliphatic carbocycles. The molecule has 0 bridgehead atoms. The fraction of sp³-hybridized carbons (Fsp3) is 1.00. The van der Waals surface area contributed by atoms with E-state index in [1.54, 1.807) is 0 Å². The van der Waals surface area contributed by atoms with Gasteiger partial charge in [-0.1, -0.05) is 0 Å². The minimum Gasteiger partial charge on any atom is -0.388 e. The van der Waals surface area contributed by atoms with Gasteiger partial charge in [0.2, 0.25) is 0 Å². The molecule has 0 aromatic rings. The molecular formula is C6H14N2O4. The average Bonchev–Trinajstić information content (AvgIpc) is 2.08. The molecule has 6 nitrogen and oxygen atoms in total. The zero-order valence-electron chi connectivity index (χ0n) is 6.50. The monoisotopic (exact) mass is 178 g/mol. The topological polar surface area (TPSA) is 122 Å². The van der Waals surface area contributed by atoms with Crippen LogP contribution in [0.4, 0.5) is 0 Å². The van der Waals surface area contributed by atoms with Crippen LogP contribution in [0, 0.1) is 0 Å². The Kier molecular flexibility index (Phi) is 2.99. The SMILES string of the molecule is NCC1O[C@H](O)[C@@H](N)C(O)[C@@H]1O. The van der Waals surface area contributed by atoms with Crippen molar-refractivity contribution < 1.29 is 20.1 Å². The molecule has 0 aromatic heterocycles. The van der Waals surface area contributed by atoms with Gasteiger partial charge in [0.15, 0.2) is 6.29 Å². The molecule has 5 atom stereocenters. The molecule has 0 amide bonds. The van der Waals surface area contributed by atoms with Crippen molar-refractivity contribution >= 4 is 0 Å². The van der Waals surface area contributed by atoms with Crippen molar-refractivity contribution in [3.63, 3.8) is 0 Å². The first-order valence-corrected chi connectivity index (χ1v) is 3.73. The number of rotatable bonds is 1. The van der Waals surface area contributed by atoms with E-state index in [1.807, 2.05) is 0 Å². The van der Waals surface area contributed by atoms with Gasteiger partial charge in [0.25, 0.3) is 0 Å². The Morgan fingerprint density at radius 3 is 2.25 bits per heavy atom. The zero-order chi connectivity index (χ0) is 9.30. The van der Waals surface area contributed by atoms with Gasteiger partial charge < -0.3 is 31.5 Å². The number of aliphatic hydroxyl groups excluding tert-OH is 3. The highest BCUT2D eigenvalue weighted by Gasteiger charge is 2.41. The Morgan fingerprint density at radius 1 is 1.17 bits per heavy atom. The average molecular weight is 178 g/mol. The molecule has 1 heterocycles. The third-order valence-electron chi connectivity index (χ3n) is 2.00. The Balaban J connectivity index is 2.63. The van der Waals surface area contributed by atoms with Crippen molar-refractivity contribution in [3.8, 4) is 0 Å². The van der Waals surface area contributed by atoms with E-state index in [2.05, 4.69) is 0 Å². The van der Waals surface area contributed by atoms with Crippen molar-refractivity contribution in [1.82, 2.24) is 0 Å². The van der Waals surface area contributed by atoms with E-state index < -0.39 is 30.6 Å². The molecule has 1 saturated heterocycles. The Labute approximate surface area is 69.7 Å². The number of ether oxygens (including phenoxy) is 1. The van der Waals surface area contributed by atoms with Gasteiger partial charge in [0.05, 0.1) is 6.04 Å². The first-order chi connectivity index (χ1) is 5.57. The number of nitrogens with two attached hydrogens (primary N) is 2. The maximum absolute atomic E-state index is 9.28. The molecule has 1 aliphatic rings. The smallest absolute Gasteiger partial charge is 0.172 e. The third-order valence-corrected chi connectivity index (χ3v) is 2.00. The van der Waals surface area contributed by atoms with Crippen LogP contribution in [0.1, 0.15) is 0 Å². The molecule has 0 aromatic carbocycles. The maximum Gasteiger partial charge on any atom is 0.172 e. The van der Waals surface area contributed by atoms with Gasteiger partial charge in [0.1, 0.15) is 18.3 Å². The Hall–Kier alpha value is -0.240. The number of aliphatic hydroxyl groups is 3. The van der Waals surface area contributed by atoms with Crippen molar-refractivity contribution in [3.05, 3.63) is 0 Å². The summed E-state index contributed by atoms with van der Waals surface area (Å²) in [5.74, 6) is 0. The van der Waals surface area contributed by atoms with Crippen molar-refractivity contribution in [1.29, 1.82) is 0 Å². The van der Waals surface area contributed by atoms with Crippen molar-refractivity contribution in [2.45, 2.75) is 30.6 Å². The van der Waals surface area contributed by atoms with E-state index in [0.717, 1.165) is 0 Å². The van der Waals surface area contributed by atoms with Crippen LogP contribution < -0.4 is 11.5 Å². The quantitative estimate of drug-likeness (QED) is 0.287. The molecular weight excluding hydrogens is 164 g/mol. The summed E-state index contributed by atoms with van der Waals surface area (Å²) in [6, 6.07) is -0.984. The van der Waals surface area contributed by atoms with Gasteiger partial charge >= 0.3 is 0 Å². The highest BCUT2D eigenvalue weighted by atomic mass is 16.6. The lowest BCUT2D eigenvalue weighted by Crippen LogP contribution is -2.62. The normalized spacial score (nSPS) is 49.2. The first-order valence-electron chi connectivity index (χ1n) is 3.73. The van der Waals surface area contributed by atoms with Crippen LogP contribution >= 0.6 is 0 Å². The summed E-state index contributed by atoms with van der Waals surface area (Å²) in [6.45, 7) is 0.0298. The summed E-state index contributed by atoms with van der Waals surface area (Å²) < 4.78 is 4.83. The lowest BCUT2D eigenvalue weighted by Gasteiger charge is -2.38. The molecule has 1 fully saturated rings. The summed E-state index contributed by atoms with van der Waals surface area (Å²) in [6.07, 6.45) is -4.34. The van der Waals surface area contributed by atoms with Crippen LogP contribution in [0.2, 0.25) is 0 Å². The van der Waals surface area contributed by atoms with Gasteiger partial charge in [0, 0.05) is 6.54 Å². The van der Waals surface area contributed by atoms with Gasteiger partial charge in [-0.3, -0.25) is 0 Å². The summed E-state index contributed by atoms with van der Waals surface area (Å²) >= 11 is 0. The van der Waals surface area contributed by atoms with Crippen LogP contribution in [0.25, 0.3) is 0 Å². The molecule has 72 valence electrons. The van der Waals surface area contributed by atoms with Crippen molar-refractivity contribution in [2.24, 2.45) is 11.5 Å². The van der Waals surface area contributed by atoms with Gasteiger partial charge in [-0.2, -0.15) is 0 Å². The predicted molar refractivity (Wildman–Crippen MR) is 39.9 cm³/mol. The van der Waals surface area contributed by atoms with Crippen LogP contribution in [0.15, 0.2) is 0 Å². The molecule has 0 spiro atoms. The van der Waals surface area contributed by atoms with E-state index in [-0.39, 0.29) is 6.54 Å². The fourth-order valence-corrected chi connectivity index (χ4v) is 1.16. The lowest BCUT2D eigenvalue weighted by atomic mass is 9.98. The van der Waals surface area contributed by atoms with Crippen LogP contribution in [0.5, 0.6) is 0 Å². The lowest BCUT2D eigenvalue weighted by molar-refractivity contribution is -0.238. The van der Waals surface area contributed by atoms with Crippen LogP contribution in [-0.4, -0.2) is 52.5 Å². The van der Waals surface area contributed by atoms with Crippen molar-refractivity contribution in [2.75, 3.05) is 6.54 Å². The van der Waals surface area contributed by atoms with E-state index in [0.29, 0.717) is 0 Å². The predicted octanol–water partition coefficient (Wildman–Crippen LogP) is -3.29. The van der Waals surface area contributed by atoms with E-state index in [9.17, 15) is 10.2 Å². The van der Waals surface area contributed by atoms with Gasteiger partial charge in [-0.05, 0) is 0 Å². The number of hydrogen-bond donors (Lipinski definition) is 5. The second-order valence-corrected chi connectivity index (χ2v) is 2.86. The Bertz CT molecular complexity index is 152. The summed E-state index contributed by atoms with van der Waals surface area (Å²) in [4.78, 5) is 0. The molecule has 1 rings (SSSR count). The molecule has 7 N–H and O–H groups in total. The standard InChI is InChI=1S/C6H14N2O4/c7-1-2-4(9)5(10)3(8)6(11)12-2/h2-6,9-11H,1,7-8H2/t2?,3-,4+,5?,6-/m0/s1. The van der Waals surface area contributed by atoms with Gasteiger partial charge in [-0.25, -0.2) is 0 Å². The summed E-state index contributed by atoms with van der Waals surface area (Å²) in [5, 5.41) is 27.6. The van der Waals surface area contributed by atoms with Gasteiger partial charge in [-0.15, -0.1) is 0 Å². The third kappa shape index (κ3) is 1.58. The second kappa shape index (κ2) is 3.65. The highest BCUT2D eigenvalue weighted by Crippen LogP contribution is 2.17. The molecule has 2 unspecified atom stereocenters. The minimum absolute atomic E-state index is 0.0298. The summed E-state index contributed by atoms with van der Waals surface area (Å²) in [7, 11) is 0. The van der Waals surface area contributed by atoms with E-state index >= 15 is 0 Å². The fourth-order valence-electron chi connectivity index (χ4n) is 1.16. The molecule has 0 saturated carbocycles. The van der Waals surface area contributed by atoms with E-state index in [4.69, 9.17) is 21.3 Å². The molecule has 0 radical (unpaired) electrons. The Morgan fingerprint density at radius 2 is 1.75 bits per heavy atom. The van der Waals surface area contributed by atoms with Crippen LogP contribution in [-0.2, 0) is 4.74 Å². The molecule has 1 aliphatic heterocycles. The second-order valence-electron chi connectivity index (χ2n) is 2.86. The molecule has 6 heteroatoms. The number of hydrogen-bond acceptors (Lipinski definition) is 6. The van der Waals surface area contributed by atoms with Crippen LogP contribution in [0.3, 0.4) is 0 Å². The van der Waals surface area contributed by atoms with E-state index in [1.165, 1.54) is 0 Å². The first kappa shape index (κ1) is 9.85. The largest absolute Gasteiger partial charge is 0.388 e. The molecule has 12 heavy (non-hydrogen) atoms.